The molecule has 0 fully saturated rings. The van der Waals surface area contributed by atoms with Gasteiger partial charge in [0.15, 0.2) is 0 Å². The van der Waals surface area contributed by atoms with E-state index in [-0.39, 0.29) is 0 Å². The third kappa shape index (κ3) is 1.54. The average molecular weight is 194 g/mol. The van der Waals surface area contributed by atoms with Crippen molar-refractivity contribution in [3.63, 3.8) is 0 Å². The molecule has 68 valence electrons. The van der Waals surface area contributed by atoms with Crippen molar-refractivity contribution >= 4 is 23.4 Å². The molecule has 1 aromatic carbocycles. The molecule has 13 heavy (non-hydrogen) atoms. The first-order chi connectivity index (χ1) is 6.07. The number of hydrogen-bond acceptors (Lipinski definition) is 2. The maximum atomic E-state index is 11.7. The molecular formula is C10H11O2P. The molecular weight excluding hydrogens is 183 g/mol. The molecule has 0 aliphatic rings. The smallest absolute Gasteiger partial charge is 0.134 e. The van der Waals surface area contributed by atoms with Gasteiger partial charge in [-0.15, -0.1) is 0 Å². The molecule has 3 heteroatoms. The van der Waals surface area contributed by atoms with E-state index in [1.165, 1.54) is 0 Å². The largest absolute Gasteiger partial charge is 0.464 e. The Bertz CT molecular complexity index is 478. The van der Waals surface area contributed by atoms with Crippen LogP contribution >= 0.6 is 7.14 Å². The predicted molar refractivity (Wildman–Crippen MR) is 55.3 cm³/mol. The first-order valence-electron chi connectivity index (χ1n) is 4.10. The van der Waals surface area contributed by atoms with E-state index in [9.17, 15) is 4.57 Å². The van der Waals surface area contributed by atoms with Crippen LogP contribution < -0.4 is 5.30 Å². The van der Waals surface area contributed by atoms with Crippen LogP contribution in [0.2, 0.25) is 0 Å². The zero-order valence-electron chi connectivity index (χ0n) is 7.65. The predicted octanol–water partition coefficient (Wildman–Crippen LogP) is 2.68. The maximum absolute atomic E-state index is 11.7. The number of hydrogen-bond donors (Lipinski definition) is 0. The SMILES string of the molecule is CP(C)(=O)c1ccc2ccoc2c1. The minimum absolute atomic E-state index is 0.807. The number of fused-ring (bicyclic) bond motifs is 1. The fourth-order valence-electron chi connectivity index (χ4n) is 1.28. The van der Waals surface area contributed by atoms with Crippen LogP contribution in [0.15, 0.2) is 34.9 Å². The highest BCUT2D eigenvalue weighted by Crippen LogP contribution is 2.35. The molecule has 0 saturated heterocycles. The van der Waals surface area contributed by atoms with Gasteiger partial charge < -0.3 is 8.98 Å². The quantitative estimate of drug-likeness (QED) is 0.653. The van der Waals surface area contributed by atoms with E-state index in [2.05, 4.69) is 0 Å². The Morgan fingerprint density at radius 2 is 2.00 bits per heavy atom. The third-order valence-electron chi connectivity index (χ3n) is 2.06. The molecule has 0 bridgehead atoms. The van der Waals surface area contributed by atoms with Crippen LogP contribution in [0.3, 0.4) is 0 Å². The van der Waals surface area contributed by atoms with Gasteiger partial charge in [-0.25, -0.2) is 0 Å². The topological polar surface area (TPSA) is 30.2 Å². The normalized spacial score (nSPS) is 12.2. The second-order valence-electron chi connectivity index (χ2n) is 3.49. The van der Waals surface area contributed by atoms with E-state index < -0.39 is 7.14 Å². The molecule has 0 saturated carbocycles. The molecule has 0 radical (unpaired) electrons. The van der Waals surface area contributed by atoms with Gasteiger partial charge in [-0.3, -0.25) is 0 Å². The minimum Gasteiger partial charge on any atom is -0.464 e. The summed E-state index contributed by atoms with van der Waals surface area (Å²) in [5.74, 6) is 0. The van der Waals surface area contributed by atoms with Crippen molar-refractivity contribution in [2.75, 3.05) is 13.3 Å². The summed E-state index contributed by atoms with van der Waals surface area (Å²) in [7, 11) is -2.16. The highest BCUT2D eigenvalue weighted by atomic mass is 31.2. The first kappa shape index (κ1) is 8.58. The third-order valence-corrected chi connectivity index (χ3v) is 3.58. The van der Waals surface area contributed by atoms with E-state index in [1.807, 2.05) is 24.3 Å². The summed E-state index contributed by atoms with van der Waals surface area (Å²) in [4.78, 5) is 0. The minimum atomic E-state index is -2.16. The maximum Gasteiger partial charge on any atom is 0.134 e. The second kappa shape index (κ2) is 2.74. The van der Waals surface area contributed by atoms with Gasteiger partial charge in [0, 0.05) is 10.7 Å². The molecule has 1 aromatic heterocycles. The molecule has 0 spiro atoms. The zero-order valence-corrected chi connectivity index (χ0v) is 8.54. The van der Waals surface area contributed by atoms with Crippen LogP contribution in [0.1, 0.15) is 0 Å². The summed E-state index contributed by atoms with van der Waals surface area (Å²) < 4.78 is 17.0. The molecule has 0 aliphatic heterocycles. The summed E-state index contributed by atoms with van der Waals surface area (Å²) in [5.41, 5.74) is 0.807. The molecule has 2 aromatic rings. The molecule has 2 rings (SSSR count). The zero-order chi connectivity index (χ0) is 9.47. The monoisotopic (exact) mass is 194 g/mol. The van der Waals surface area contributed by atoms with Crippen molar-refractivity contribution in [3.8, 4) is 0 Å². The Kier molecular flexibility index (Phi) is 1.81. The summed E-state index contributed by atoms with van der Waals surface area (Å²) in [6, 6.07) is 7.60. The van der Waals surface area contributed by atoms with E-state index in [4.69, 9.17) is 4.42 Å². The highest BCUT2D eigenvalue weighted by Gasteiger charge is 2.11. The van der Waals surface area contributed by atoms with Crippen molar-refractivity contribution in [3.05, 3.63) is 30.5 Å². The molecule has 0 atom stereocenters. The fourth-order valence-corrected chi connectivity index (χ4v) is 2.14. The average Bonchev–Trinajstić information content (AvgIpc) is 2.47. The molecule has 0 unspecified atom stereocenters. The Labute approximate surface area is 76.9 Å². The summed E-state index contributed by atoms with van der Waals surface area (Å²) >= 11 is 0. The van der Waals surface area contributed by atoms with Crippen molar-refractivity contribution in [2.45, 2.75) is 0 Å². The molecule has 1 heterocycles. The van der Waals surface area contributed by atoms with Crippen LogP contribution in [0.5, 0.6) is 0 Å². The van der Waals surface area contributed by atoms with E-state index in [1.54, 1.807) is 19.6 Å². The summed E-state index contributed by atoms with van der Waals surface area (Å²) in [5, 5.41) is 1.92. The Morgan fingerprint density at radius 1 is 1.23 bits per heavy atom. The molecule has 0 N–H and O–H groups in total. The van der Waals surface area contributed by atoms with Gasteiger partial charge in [0.1, 0.15) is 12.7 Å². The summed E-state index contributed by atoms with van der Waals surface area (Å²) in [6.45, 7) is 3.52. The van der Waals surface area contributed by atoms with Crippen LogP contribution in [0, 0.1) is 0 Å². The van der Waals surface area contributed by atoms with Crippen LogP contribution in [0.4, 0.5) is 0 Å². The van der Waals surface area contributed by atoms with Crippen LogP contribution in [-0.2, 0) is 4.57 Å². The lowest BCUT2D eigenvalue weighted by Gasteiger charge is -2.05. The van der Waals surface area contributed by atoms with Crippen molar-refractivity contribution in [1.29, 1.82) is 0 Å². The highest BCUT2D eigenvalue weighted by molar-refractivity contribution is 7.70. The van der Waals surface area contributed by atoms with E-state index in [0.717, 1.165) is 16.3 Å². The van der Waals surface area contributed by atoms with Crippen molar-refractivity contribution in [2.24, 2.45) is 0 Å². The fraction of sp³-hybridized carbons (Fsp3) is 0.200. The van der Waals surface area contributed by atoms with Gasteiger partial charge >= 0.3 is 0 Å². The standard InChI is InChI=1S/C10H11O2P/c1-13(2,11)9-4-3-8-5-6-12-10(8)7-9/h3-7H,1-2H3. The van der Waals surface area contributed by atoms with E-state index in [0.29, 0.717) is 0 Å². The van der Waals surface area contributed by atoms with Crippen molar-refractivity contribution in [1.82, 2.24) is 0 Å². The Balaban J connectivity index is 2.67. The van der Waals surface area contributed by atoms with Gasteiger partial charge in [-0.05, 0) is 25.5 Å². The number of rotatable bonds is 1. The Hall–Kier alpha value is -1.01. The lowest BCUT2D eigenvalue weighted by atomic mass is 10.3. The van der Waals surface area contributed by atoms with Crippen LogP contribution in [-0.4, -0.2) is 13.3 Å². The summed E-state index contributed by atoms with van der Waals surface area (Å²) in [6.07, 6.45) is 1.64. The number of benzene rings is 1. The van der Waals surface area contributed by atoms with Gasteiger partial charge in [0.25, 0.3) is 0 Å². The molecule has 0 amide bonds. The van der Waals surface area contributed by atoms with Gasteiger partial charge in [0.2, 0.25) is 0 Å². The molecule has 0 aliphatic carbocycles. The van der Waals surface area contributed by atoms with Gasteiger partial charge in [0.05, 0.1) is 6.26 Å². The lowest BCUT2D eigenvalue weighted by molar-refractivity contribution is 0.588. The lowest BCUT2D eigenvalue weighted by Crippen LogP contribution is -2.00. The van der Waals surface area contributed by atoms with Crippen molar-refractivity contribution < 1.29 is 8.98 Å². The van der Waals surface area contributed by atoms with Gasteiger partial charge in [-0.2, -0.15) is 0 Å². The van der Waals surface area contributed by atoms with Gasteiger partial charge in [-0.1, -0.05) is 12.1 Å². The molecule has 2 nitrogen and oxygen atoms in total. The second-order valence-corrected chi connectivity index (χ2v) is 6.71. The van der Waals surface area contributed by atoms with Crippen LogP contribution in [0.25, 0.3) is 11.0 Å². The first-order valence-corrected chi connectivity index (χ1v) is 6.70. The Morgan fingerprint density at radius 3 is 2.69 bits per heavy atom. The van der Waals surface area contributed by atoms with E-state index >= 15 is 0 Å². The number of furan rings is 1.